The zero-order chi connectivity index (χ0) is 29.3. The molecule has 0 amide bonds. The summed E-state index contributed by atoms with van der Waals surface area (Å²) in [6, 6.07) is 20.3. The number of hydrogen-bond acceptors (Lipinski definition) is 5. The third-order valence-electron chi connectivity index (χ3n) is 7.97. The fourth-order valence-electron chi connectivity index (χ4n) is 5.56. The van der Waals surface area contributed by atoms with Crippen LogP contribution in [-0.4, -0.2) is 25.1 Å². The molecule has 0 radical (unpaired) electrons. The van der Waals surface area contributed by atoms with E-state index in [4.69, 9.17) is 4.98 Å². The van der Waals surface area contributed by atoms with E-state index < -0.39 is 0 Å². The van der Waals surface area contributed by atoms with E-state index in [0.717, 1.165) is 69.8 Å². The Morgan fingerprint density at radius 2 is 1.56 bits per heavy atom. The van der Waals surface area contributed by atoms with Crippen LogP contribution in [0.1, 0.15) is 64.3 Å². The van der Waals surface area contributed by atoms with E-state index in [0.29, 0.717) is 0 Å². The number of rotatable bonds is 3. The Balaban J connectivity index is 0.000000287. The number of nitrogens with zero attached hydrogens (tertiary/aromatic N) is 7. The molecule has 7 rings (SSSR count). The Labute approximate surface area is 267 Å². The van der Waals surface area contributed by atoms with Crippen molar-refractivity contribution in [3.05, 3.63) is 102 Å². The number of aromatic nitrogens is 7. The Morgan fingerprint density at radius 3 is 2.28 bits per heavy atom. The molecule has 5 heterocycles. The van der Waals surface area contributed by atoms with Crippen molar-refractivity contribution in [2.24, 2.45) is 0 Å². The van der Waals surface area contributed by atoms with Crippen molar-refractivity contribution < 1.29 is 21.1 Å². The summed E-state index contributed by atoms with van der Waals surface area (Å²) in [5.74, 6) is 0. The molecule has 0 fully saturated rings. The average Bonchev–Trinajstić information content (AvgIpc) is 3.66. The predicted molar refractivity (Wildman–Crippen MR) is 167 cm³/mol. The first kappa shape index (κ1) is 30.5. The third-order valence-corrected chi connectivity index (χ3v) is 7.97. The van der Waals surface area contributed by atoms with Gasteiger partial charge in [-0.1, -0.05) is 76.3 Å². The van der Waals surface area contributed by atoms with Crippen molar-refractivity contribution in [3.8, 4) is 34.0 Å². The van der Waals surface area contributed by atoms with Crippen LogP contribution in [0.3, 0.4) is 0 Å². The minimum absolute atomic E-state index is 0. The van der Waals surface area contributed by atoms with Gasteiger partial charge in [-0.2, -0.15) is 0 Å². The van der Waals surface area contributed by atoms with E-state index in [-0.39, 0.29) is 31.9 Å². The normalized spacial score (nSPS) is 13.9. The summed E-state index contributed by atoms with van der Waals surface area (Å²) in [6.45, 7) is 11.1. The minimum atomic E-state index is 0. The van der Waals surface area contributed by atoms with E-state index in [2.05, 4.69) is 83.2 Å². The van der Waals surface area contributed by atoms with Crippen molar-refractivity contribution >= 4 is 10.8 Å². The molecule has 1 aliphatic rings. The molecular weight excluding hydrogens is 714 g/mol. The minimum Gasteiger partial charge on any atom is -0.573 e. The van der Waals surface area contributed by atoms with Crippen molar-refractivity contribution in [3.63, 3.8) is 0 Å². The predicted octanol–water partition coefficient (Wildman–Crippen LogP) is 7.33. The van der Waals surface area contributed by atoms with Gasteiger partial charge >= 0.3 is 21.1 Å². The maximum atomic E-state index is 5.03. The molecule has 0 N–H and O–H groups in total. The van der Waals surface area contributed by atoms with Gasteiger partial charge in [-0.05, 0) is 77.1 Å². The van der Waals surface area contributed by atoms with Crippen molar-refractivity contribution in [2.75, 3.05) is 0 Å². The smallest absolute Gasteiger partial charge is 0.573 e. The van der Waals surface area contributed by atoms with E-state index >= 15 is 0 Å². The van der Waals surface area contributed by atoms with Crippen molar-refractivity contribution in [1.29, 1.82) is 0 Å². The maximum Gasteiger partial charge on any atom is 2.00 e. The third kappa shape index (κ3) is 6.37. The van der Waals surface area contributed by atoms with Gasteiger partial charge in [-0.3, -0.25) is 15.0 Å². The summed E-state index contributed by atoms with van der Waals surface area (Å²) in [7, 11) is 0. The molecule has 8 heteroatoms. The Hall–Kier alpha value is -3.96. The van der Waals surface area contributed by atoms with Crippen LogP contribution < -0.4 is 10.2 Å². The van der Waals surface area contributed by atoms with Crippen molar-refractivity contribution in [1.82, 2.24) is 35.3 Å². The first-order chi connectivity index (χ1) is 20.2. The molecule has 1 aliphatic carbocycles. The maximum absolute atomic E-state index is 5.03. The van der Waals surface area contributed by atoms with Crippen LogP contribution in [0.4, 0.5) is 0 Å². The molecule has 43 heavy (non-hydrogen) atoms. The first-order valence-electron chi connectivity index (χ1n) is 14.5. The van der Waals surface area contributed by atoms with Gasteiger partial charge in [0.2, 0.25) is 0 Å². The molecule has 0 saturated carbocycles. The van der Waals surface area contributed by atoms with Crippen LogP contribution in [0.15, 0.2) is 85.5 Å². The van der Waals surface area contributed by atoms with E-state index in [1.165, 1.54) is 11.1 Å². The number of pyridine rings is 3. The van der Waals surface area contributed by atoms with Crippen molar-refractivity contribution in [2.45, 2.75) is 64.7 Å². The molecule has 0 unspecified atom stereocenters. The summed E-state index contributed by atoms with van der Waals surface area (Å²) in [4.78, 5) is 13.3. The van der Waals surface area contributed by atoms with E-state index in [1.807, 2.05) is 61.1 Å². The van der Waals surface area contributed by atoms with Gasteiger partial charge in [0.05, 0.1) is 11.4 Å². The van der Waals surface area contributed by atoms with Gasteiger partial charge in [0, 0.05) is 47.0 Å². The first-order valence-corrected chi connectivity index (χ1v) is 14.5. The van der Waals surface area contributed by atoms with Crippen LogP contribution in [0.5, 0.6) is 0 Å². The van der Waals surface area contributed by atoms with Gasteiger partial charge in [0.15, 0.2) is 0 Å². The summed E-state index contributed by atoms with van der Waals surface area (Å²) in [5, 5.41) is 20.1. The zero-order valence-corrected chi connectivity index (χ0v) is 27.4. The molecule has 1 aromatic carbocycles. The monoisotopic (exact) mass is 748 g/mol. The molecule has 220 valence electrons. The number of benzene rings is 1. The molecule has 0 aliphatic heterocycles. The molecule has 0 atom stereocenters. The molecule has 0 saturated heterocycles. The summed E-state index contributed by atoms with van der Waals surface area (Å²) in [5.41, 5.74) is 9.05. The van der Waals surface area contributed by atoms with Crippen LogP contribution in [-0.2, 0) is 38.3 Å². The quantitative estimate of drug-likeness (QED) is 0.187. The average molecular weight is 749 g/mol. The second-order valence-electron chi connectivity index (χ2n) is 12.5. The number of hydrogen-bond donors (Lipinski definition) is 0. The number of fused-ring (bicyclic) bond motifs is 2. The molecular formula is C35H35N7Pt. The molecule has 7 nitrogen and oxygen atoms in total. The molecule has 6 aromatic rings. The van der Waals surface area contributed by atoms with E-state index in [9.17, 15) is 0 Å². The standard InChI is InChI=1S/C26H22N6.C9H13N.Pt/c1-26(2)11-6-9-18-24(31-32-25(18)26)21-13-17-10-12-27-15-19(17)23(28-21)22-14-20(29-30-22)16-7-4-3-5-8-16;1-9(2,3)8-4-6-10-7-5-8;/h3-5,7-8,10,12-15H,6,9,11H2,1-2H3;4-7H,1-3H3;/q-2;;+2. The Morgan fingerprint density at radius 1 is 0.814 bits per heavy atom. The second kappa shape index (κ2) is 12.3. The molecule has 0 spiro atoms. The topological polar surface area (TPSA) is 92.6 Å². The zero-order valence-electron chi connectivity index (χ0n) is 25.2. The summed E-state index contributed by atoms with van der Waals surface area (Å²) >= 11 is 0. The van der Waals surface area contributed by atoms with Gasteiger partial charge in [-0.15, -0.1) is 0 Å². The van der Waals surface area contributed by atoms with Crippen LogP contribution >= 0.6 is 0 Å². The fraction of sp³-hybridized carbons (Fsp3) is 0.286. The molecule has 5 aromatic heterocycles. The largest absolute Gasteiger partial charge is 2.00 e. The van der Waals surface area contributed by atoms with Gasteiger partial charge in [0.25, 0.3) is 0 Å². The van der Waals surface area contributed by atoms with Gasteiger partial charge in [0.1, 0.15) is 0 Å². The van der Waals surface area contributed by atoms with Crippen LogP contribution in [0.25, 0.3) is 44.8 Å². The molecule has 0 bridgehead atoms. The van der Waals surface area contributed by atoms with Crippen LogP contribution in [0, 0.1) is 0 Å². The Bertz CT molecular complexity index is 1820. The van der Waals surface area contributed by atoms with E-state index in [1.54, 1.807) is 6.20 Å². The summed E-state index contributed by atoms with van der Waals surface area (Å²) in [6.07, 6.45) is 10.6. The van der Waals surface area contributed by atoms with Crippen LogP contribution in [0.2, 0.25) is 0 Å². The SMILES string of the molecule is CC(C)(C)c1ccncc1.CC1(C)CCCc2c1n[n-]c2-c1cc2ccncc2c(-c2cc(-c3ccccc3)n[n-]2)n1.[Pt+2]. The second-order valence-corrected chi connectivity index (χ2v) is 12.5. The van der Waals surface area contributed by atoms with Gasteiger partial charge in [-0.25, -0.2) is 0 Å². The van der Waals surface area contributed by atoms with Gasteiger partial charge < -0.3 is 20.4 Å². The fourth-order valence-corrected chi connectivity index (χ4v) is 5.56. The summed E-state index contributed by atoms with van der Waals surface area (Å²) < 4.78 is 0. The Kier molecular flexibility index (Phi) is 8.75.